The summed E-state index contributed by atoms with van der Waals surface area (Å²) in [4.78, 5) is 63.6. The monoisotopic (exact) mass is 489 g/mol. The van der Waals surface area contributed by atoms with Gasteiger partial charge in [-0.15, -0.1) is 0 Å². The van der Waals surface area contributed by atoms with Crippen molar-refractivity contribution in [1.29, 1.82) is 0 Å². The van der Waals surface area contributed by atoms with E-state index in [0.29, 0.717) is 28.4 Å². The maximum atomic E-state index is 13.6. The highest BCUT2D eigenvalue weighted by atomic mass is 35.5. The largest absolute Gasteiger partial charge is 0.322 e. The zero-order valence-electron chi connectivity index (χ0n) is 18.9. The number of Topliss-reactive ketones (excluding diaryl/α,β-unsaturated/α-hetero) is 1. The summed E-state index contributed by atoms with van der Waals surface area (Å²) in [6.07, 6.45) is 0.760. The third kappa shape index (κ3) is 3.95. The smallest absolute Gasteiger partial charge is 0.268 e. The van der Waals surface area contributed by atoms with Crippen molar-refractivity contribution < 1.29 is 19.2 Å². The van der Waals surface area contributed by atoms with Gasteiger partial charge in [0.1, 0.15) is 5.56 Å². The van der Waals surface area contributed by atoms with Gasteiger partial charge < -0.3 is 5.32 Å². The van der Waals surface area contributed by atoms with E-state index in [2.05, 4.69) is 10.6 Å². The van der Waals surface area contributed by atoms with Gasteiger partial charge in [-0.3, -0.25) is 33.9 Å². The van der Waals surface area contributed by atoms with Gasteiger partial charge in [-0.1, -0.05) is 25.4 Å². The maximum Gasteiger partial charge on any atom is 0.268 e. The van der Waals surface area contributed by atoms with Crippen molar-refractivity contribution in [3.8, 4) is 5.69 Å². The first-order valence-electron chi connectivity index (χ1n) is 10.9. The minimum absolute atomic E-state index is 0.134. The summed E-state index contributed by atoms with van der Waals surface area (Å²) >= 11 is 6.03. The third-order valence-electron chi connectivity index (χ3n) is 6.21. The number of carbonyl (C=O) groups excluding carboxylic acids is 4. The number of hydrogen-bond acceptors (Lipinski definition) is 5. The van der Waals surface area contributed by atoms with Crippen LogP contribution >= 0.6 is 11.6 Å². The molecule has 0 saturated heterocycles. The number of halogens is 1. The molecule has 5 rings (SSSR count). The summed E-state index contributed by atoms with van der Waals surface area (Å²) in [6.45, 7) is 3.92. The molecule has 176 valence electrons. The number of nitrogens with one attached hydrogen (secondary N) is 2. The Morgan fingerprint density at radius 1 is 0.914 bits per heavy atom. The molecule has 2 heterocycles. The predicted octanol–water partition coefficient (Wildman–Crippen LogP) is 3.78. The van der Waals surface area contributed by atoms with Gasteiger partial charge in [0.25, 0.3) is 23.3 Å². The van der Waals surface area contributed by atoms with Crippen molar-refractivity contribution in [3.05, 3.63) is 91.9 Å². The minimum atomic E-state index is -0.733. The van der Waals surface area contributed by atoms with E-state index in [1.54, 1.807) is 24.3 Å². The number of hydrogen-bond donors (Lipinski definition) is 2. The SMILES string of the molecule is CC1(C)CC(=O)c2cc(C(=O)Nc3ccc4c(c3)C(=O)NC4=O)c(=O)n(-c3ccc(Cl)cc3)c2C1. The summed E-state index contributed by atoms with van der Waals surface area (Å²) in [5.74, 6) is -1.96. The quantitative estimate of drug-likeness (QED) is 0.543. The van der Waals surface area contributed by atoms with E-state index in [1.165, 1.54) is 28.8 Å². The van der Waals surface area contributed by atoms with Gasteiger partial charge in [-0.05, 0) is 60.4 Å². The molecule has 35 heavy (non-hydrogen) atoms. The van der Waals surface area contributed by atoms with E-state index in [9.17, 15) is 24.0 Å². The number of pyridine rings is 1. The van der Waals surface area contributed by atoms with Crippen LogP contribution in [0.25, 0.3) is 5.69 Å². The van der Waals surface area contributed by atoms with E-state index in [-0.39, 0.29) is 40.0 Å². The molecule has 2 aromatic carbocycles. The zero-order valence-corrected chi connectivity index (χ0v) is 19.7. The first kappa shape index (κ1) is 22.7. The molecule has 1 aliphatic carbocycles. The van der Waals surface area contributed by atoms with Crippen molar-refractivity contribution in [2.24, 2.45) is 5.41 Å². The number of imide groups is 1. The van der Waals surface area contributed by atoms with Crippen molar-refractivity contribution in [2.75, 3.05) is 5.32 Å². The van der Waals surface area contributed by atoms with E-state index in [1.807, 2.05) is 13.8 Å². The zero-order chi connectivity index (χ0) is 25.1. The van der Waals surface area contributed by atoms with Crippen LogP contribution in [0.4, 0.5) is 5.69 Å². The molecular formula is C26H20ClN3O5. The fourth-order valence-electron chi connectivity index (χ4n) is 4.58. The van der Waals surface area contributed by atoms with Crippen LogP contribution < -0.4 is 16.2 Å². The van der Waals surface area contributed by atoms with Gasteiger partial charge >= 0.3 is 0 Å². The van der Waals surface area contributed by atoms with Gasteiger partial charge in [-0.2, -0.15) is 0 Å². The van der Waals surface area contributed by atoms with Gasteiger partial charge in [0.05, 0.1) is 11.1 Å². The van der Waals surface area contributed by atoms with E-state index >= 15 is 0 Å². The summed E-state index contributed by atoms with van der Waals surface area (Å²) < 4.78 is 1.40. The first-order valence-corrected chi connectivity index (χ1v) is 11.3. The highest BCUT2D eigenvalue weighted by molar-refractivity contribution is 6.30. The van der Waals surface area contributed by atoms with E-state index in [0.717, 1.165) is 0 Å². The molecular weight excluding hydrogens is 470 g/mol. The molecule has 0 bridgehead atoms. The molecule has 0 atom stereocenters. The standard InChI is InChI=1S/C26H20ClN3O5/c1-26(2)11-20-18(21(31)12-26)10-19(25(35)30(20)15-6-3-13(27)4-7-15)24(34)28-14-5-8-16-17(9-14)23(33)29-22(16)32/h3-10H,11-12H2,1-2H3,(H,28,34)(H,29,32,33). The lowest BCUT2D eigenvalue weighted by Gasteiger charge is -2.32. The summed E-state index contributed by atoms with van der Waals surface area (Å²) in [6, 6.07) is 12.2. The second kappa shape index (κ2) is 8.02. The fraction of sp³-hybridized carbons (Fsp3) is 0.192. The Labute approximate surface area is 204 Å². The van der Waals surface area contributed by atoms with Crippen LogP contribution in [0.3, 0.4) is 0 Å². The number of anilines is 1. The Morgan fingerprint density at radius 2 is 1.60 bits per heavy atom. The van der Waals surface area contributed by atoms with Crippen molar-refractivity contribution in [2.45, 2.75) is 26.7 Å². The molecule has 1 aliphatic heterocycles. The molecule has 2 aliphatic rings. The number of ketones is 1. The highest BCUT2D eigenvalue weighted by Gasteiger charge is 2.35. The van der Waals surface area contributed by atoms with Gasteiger partial charge in [0.2, 0.25) is 0 Å². The Morgan fingerprint density at radius 3 is 2.31 bits per heavy atom. The second-order valence-electron chi connectivity index (χ2n) is 9.47. The molecule has 0 saturated carbocycles. The Hall–Kier alpha value is -4.04. The number of aromatic nitrogens is 1. The highest BCUT2D eigenvalue weighted by Crippen LogP contribution is 2.35. The van der Waals surface area contributed by atoms with Crippen LogP contribution in [-0.4, -0.2) is 28.1 Å². The molecule has 2 N–H and O–H groups in total. The fourth-order valence-corrected chi connectivity index (χ4v) is 4.71. The van der Waals surface area contributed by atoms with Crippen LogP contribution in [0.1, 0.15) is 67.4 Å². The Balaban J connectivity index is 1.62. The van der Waals surface area contributed by atoms with Crippen LogP contribution in [0, 0.1) is 5.41 Å². The molecule has 0 unspecified atom stereocenters. The lowest BCUT2D eigenvalue weighted by atomic mass is 9.75. The maximum absolute atomic E-state index is 13.6. The predicted molar refractivity (Wildman–Crippen MR) is 130 cm³/mol. The van der Waals surface area contributed by atoms with Crippen molar-refractivity contribution in [3.63, 3.8) is 0 Å². The van der Waals surface area contributed by atoms with Crippen molar-refractivity contribution >= 4 is 40.8 Å². The topological polar surface area (TPSA) is 114 Å². The van der Waals surface area contributed by atoms with Crippen LogP contribution in [0.5, 0.6) is 0 Å². The average Bonchev–Trinajstić information content (AvgIpc) is 3.06. The lowest BCUT2D eigenvalue weighted by Crippen LogP contribution is -2.37. The molecule has 3 aromatic rings. The van der Waals surface area contributed by atoms with Crippen LogP contribution in [0.15, 0.2) is 53.3 Å². The molecule has 3 amide bonds. The van der Waals surface area contributed by atoms with Crippen LogP contribution in [0.2, 0.25) is 5.02 Å². The number of amides is 3. The second-order valence-corrected chi connectivity index (χ2v) is 9.91. The molecule has 1 aromatic heterocycles. The molecule has 0 fully saturated rings. The molecule has 0 radical (unpaired) electrons. The van der Waals surface area contributed by atoms with Gasteiger partial charge in [-0.25, -0.2) is 0 Å². The number of fused-ring (bicyclic) bond motifs is 2. The number of rotatable bonds is 3. The van der Waals surface area contributed by atoms with Crippen molar-refractivity contribution in [1.82, 2.24) is 9.88 Å². The molecule has 9 heteroatoms. The van der Waals surface area contributed by atoms with E-state index < -0.39 is 23.3 Å². The molecule has 8 nitrogen and oxygen atoms in total. The normalized spacial score (nSPS) is 15.9. The Bertz CT molecular complexity index is 1520. The first-order chi connectivity index (χ1) is 16.5. The number of benzene rings is 2. The summed E-state index contributed by atoms with van der Waals surface area (Å²) in [5.41, 5.74) is 0.789. The lowest BCUT2D eigenvalue weighted by molar-refractivity contribution is 0.0874. The third-order valence-corrected chi connectivity index (χ3v) is 6.46. The van der Waals surface area contributed by atoms with Crippen LogP contribution in [-0.2, 0) is 6.42 Å². The van der Waals surface area contributed by atoms with Gasteiger partial charge in [0.15, 0.2) is 5.78 Å². The van der Waals surface area contributed by atoms with Gasteiger partial charge in [0, 0.05) is 34.1 Å². The summed E-state index contributed by atoms with van der Waals surface area (Å²) in [7, 11) is 0. The number of nitrogens with zero attached hydrogens (tertiary/aromatic N) is 1. The average molecular weight is 490 g/mol. The Kier molecular flexibility index (Phi) is 5.21. The minimum Gasteiger partial charge on any atom is -0.322 e. The molecule has 0 spiro atoms. The number of carbonyl (C=O) groups is 4. The summed E-state index contributed by atoms with van der Waals surface area (Å²) in [5, 5.41) is 5.29. The van der Waals surface area contributed by atoms with E-state index in [4.69, 9.17) is 11.6 Å².